The van der Waals surface area contributed by atoms with Crippen LogP contribution in [0.15, 0.2) is 97.8 Å². The third kappa shape index (κ3) is 4.24. The predicted molar refractivity (Wildman–Crippen MR) is 132 cm³/mol. The molecule has 0 saturated carbocycles. The SMILES string of the molecule is O=c1c2ccccc2nc(SCc2cc(-c3ccc(Cl)cc3)no2)n1-c1ccc(Br)cc1. The Bertz CT molecular complexity index is 1460. The van der Waals surface area contributed by atoms with Crippen LogP contribution in [0.5, 0.6) is 0 Å². The van der Waals surface area contributed by atoms with Crippen LogP contribution in [0.2, 0.25) is 5.02 Å². The number of para-hydroxylation sites is 1. The van der Waals surface area contributed by atoms with Crippen LogP contribution in [0.4, 0.5) is 0 Å². The van der Waals surface area contributed by atoms with Gasteiger partial charge in [-0.3, -0.25) is 9.36 Å². The summed E-state index contributed by atoms with van der Waals surface area (Å²) in [6.07, 6.45) is 0. The molecular formula is C24H15BrClN3O2S. The van der Waals surface area contributed by atoms with E-state index >= 15 is 0 Å². The van der Waals surface area contributed by atoms with E-state index in [1.54, 1.807) is 10.6 Å². The first kappa shape index (κ1) is 21.0. The van der Waals surface area contributed by atoms with E-state index in [-0.39, 0.29) is 5.56 Å². The first-order valence-corrected chi connectivity index (χ1v) is 11.9. The zero-order chi connectivity index (χ0) is 22.1. The number of benzene rings is 3. The highest BCUT2D eigenvalue weighted by atomic mass is 79.9. The molecule has 0 aliphatic rings. The zero-order valence-electron chi connectivity index (χ0n) is 16.5. The standard InChI is InChI=1S/C24H15BrClN3O2S/c25-16-7-11-18(12-8-16)29-23(30)20-3-1-2-4-21(20)27-24(29)32-14-19-13-22(28-31-19)15-5-9-17(26)10-6-15/h1-13H,14H2. The maximum absolute atomic E-state index is 13.3. The smallest absolute Gasteiger partial charge is 0.266 e. The Morgan fingerprint density at radius 1 is 1.00 bits per heavy atom. The largest absolute Gasteiger partial charge is 0.360 e. The quantitative estimate of drug-likeness (QED) is 0.188. The molecule has 0 amide bonds. The summed E-state index contributed by atoms with van der Waals surface area (Å²) in [5.74, 6) is 1.16. The monoisotopic (exact) mass is 523 g/mol. The summed E-state index contributed by atoms with van der Waals surface area (Å²) in [6, 6.07) is 24.3. The molecule has 5 aromatic rings. The van der Waals surface area contributed by atoms with Crippen LogP contribution in [-0.4, -0.2) is 14.7 Å². The minimum absolute atomic E-state index is 0.111. The Kier molecular flexibility index (Phi) is 5.87. The number of hydrogen-bond donors (Lipinski definition) is 0. The molecule has 0 spiro atoms. The fourth-order valence-electron chi connectivity index (χ4n) is 3.30. The van der Waals surface area contributed by atoms with Crippen molar-refractivity contribution >= 4 is 50.2 Å². The maximum atomic E-state index is 13.3. The highest BCUT2D eigenvalue weighted by Gasteiger charge is 2.15. The Hall–Kier alpha value is -2.87. The molecule has 3 aromatic carbocycles. The second kappa shape index (κ2) is 8.94. The van der Waals surface area contributed by atoms with E-state index in [4.69, 9.17) is 21.1 Å². The molecule has 32 heavy (non-hydrogen) atoms. The maximum Gasteiger partial charge on any atom is 0.266 e. The molecule has 0 atom stereocenters. The highest BCUT2D eigenvalue weighted by Crippen LogP contribution is 2.28. The van der Waals surface area contributed by atoms with E-state index in [0.717, 1.165) is 21.4 Å². The Balaban J connectivity index is 1.50. The lowest BCUT2D eigenvalue weighted by atomic mass is 10.1. The molecular weight excluding hydrogens is 510 g/mol. The molecule has 0 aliphatic carbocycles. The second-order valence-corrected chi connectivity index (χ2v) is 9.30. The average Bonchev–Trinajstić information content (AvgIpc) is 3.28. The number of thioether (sulfide) groups is 1. The third-order valence-electron chi connectivity index (χ3n) is 4.87. The lowest BCUT2D eigenvalue weighted by Gasteiger charge is -2.12. The fraction of sp³-hybridized carbons (Fsp3) is 0.0417. The van der Waals surface area contributed by atoms with Crippen LogP contribution >= 0.6 is 39.3 Å². The van der Waals surface area contributed by atoms with Gasteiger partial charge in [0.1, 0.15) is 11.5 Å². The van der Waals surface area contributed by atoms with E-state index in [2.05, 4.69) is 21.1 Å². The van der Waals surface area contributed by atoms with E-state index in [9.17, 15) is 4.79 Å². The average molecular weight is 525 g/mol. The summed E-state index contributed by atoms with van der Waals surface area (Å²) < 4.78 is 8.10. The molecule has 0 radical (unpaired) electrons. The Morgan fingerprint density at radius 3 is 2.53 bits per heavy atom. The molecule has 2 heterocycles. The topological polar surface area (TPSA) is 60.9 Å². The molecule has 0 aliphatic heterocycles. The Labute approximate surface area is 201 Å². The second-order valence-electron chi connectivity index (χ2n) is 7.00. The van der Waals surface area contributed by atoms with Crippen molar-refractivity contribution in [3.63, 3.8) is 0 Å². The first-order valence-electron chi connectivity index (χ1n) is 9.70. The molecule has 0 N–H and O–H groups in total. The first-order chi connectivity index (χ1) is 15.6. The van der Waals surface area contributed by atoms with Gasteiger partial charge in [0, 0.05) is 21.1 Å². The summed E-state index contributed by atoms with van der Waals surface area (Å²) in [5, 5.41) is 5.99. The van der Waals surface area contributed by atoms with Crippen molar-refractivity contribution in [3.8, 4) is 16.9 Å². The summed E-state index contributed by atoms with van der Waals surface area (Å²) in [4.78, 5) is 18.1. The summed E-state index contributed by atoms with van der Waals surface area (Å²) >= 11 is 10.8. The van der Waals surface area contributed by atoms with E-state index in [0.29, 0.717) is 32.6 Å². The van der Waals surface area contributed by atoms with Crippen molar-refractivity contribution in [1.82, 2.24) is 14.7 Å². The summed E-state index contributed by atoms with van der Waals surface area (Å²) in [5.41, 5.74) is 2.95. The molecule has 0 bridgehead atoms. The van der Waals surface area contributed by atoms with Crippen LogP contribution in [0.25, 0.3) is 27.8 Å². The predicted octanol–water partition coefficient (Wildman–Crippen LogP) is 6.75. The lowest BCUT2D eigenvalue weighted by molar-refractivity contribution is 0.397. The molecule has 158 valence electrons. The number of halogens is 2. The van der Waals surface area contributed by atoms with Gasteiger partial charge in [-0.15, -0.1) is 0 Å². The van der Waals surface area contributed by atoms with Crippen LogP contribution in [0.1, 0.15) is 5.76 Å². The number of hydrogen-bond acceptors (Lipinski definition) is 5. The van der Waals surface area contributed by atoms with Crippen molar-refractivity contribution in [2.24, 2.45) is 0 Å². The van der Waals surface area contributed by atoms with Gasteiger partial charge in [0.15, 0.2) is 5.16 Å². The number of aromatic nitrogens is 3. The Morgan fingerprint density at radius 2 is 1.75 bits per heavy atom. The molecule has 0 fully saturated rings. The van der Waals surface area contributed by atoms with Crippen molar-refractivity contribution in [3.05, 3.63) is 104 Å². The summed E-state index contributed by atoms with van der Waals surface area (Å²) in [7, 11) is 0. The van der Waals surface area contributed by atoms with Crippen molar-refractivity contribution in [1.29, 1.82) is 0 Å². The van der Waals surface area contributed by atoms with E-state index < -0.39 is 0 Å². The molecule has 8 heteroatoms. The van der Waals surface area contributed by atoms with Gasteiger partial charge in [-0.25, -0.2) is 4.98 Å². The molecule has 0 unspecified atom stereocenters. The van der Waals surface area contributed by atoms with Gasteiger partial charge < -0.3 is 4.52 Å². The van der Waals surface area contributed by atoms with Gasteiger partial charge in [-0.05, 0) is 48.5 Å². The van der Waals surface area contributed by atoms with E-state index in [1.807, 2.05) is 72.8 Å². The number of rotatable bonds is 5. The van der Waals surface area contributed by atoms with Crippen molar-refractivity contribution < 1.29 is 4.52 Å². The summed E-state index contributed by atoms with van der Waals surface area (Å²) in [6.45, 7) is 0. The van der Waals surface area contributed by atoms with Crippen molar-refractivity contribution in [2.45, 2.75) is 10.9 Å². The van der Waals surface area contributed by atoms with Gasteiger partial charge in [-0.2, -0.15) is 0 Å². The molecule has 0 saturated heterocycles. The fourth-order valence-corrected chi connectivity index (χ4v) is 4.58. The lowest BCUT2D eigenvalue weighted by Crippen LogP contribution is -2.21. The minimum Gasteiger partial charge on any atom is -0.360 e. The van der Waals surface area contributed by atoms with Gasteiger partial charge in [0.05, 0.1) is 22.3 Å². The highest BCUT2D eigenvalue weighted by molar-refractivity contribution is 9.10. The number of nitrogens with zero attached hydrogens (tertiary/aromatic N) is 3. The van der Waals surface area contributed by atoms with Crippen LogP contribution < -0.4 is 5.56 Å². The molecule has 5 rings (SSSR count). The van der Waals surface area contributed by atoms with Gasteiger partial charge in [0.2, 0.25) is 0 Å². The van der Waals surface area contributed by atoms with Crippen molar-refractivity contribution in [2.75, 3.05) is 0 Å². The number of fused-ring (bicyclic) bond motifs is 1. The van der Waals surface area contributed by atoms with Gasteiger partial charge in [0.25, 0.3) is 5.56 Å². The van der Waals surface area contributed by atoms with Gasteiger partial charge >= 0.3 is 0 Å². The van der Waals surface area contributed by atoms with Gasteiger partial charge in [-0.1, -0.05) is 68.7 Å². The van der Waals surface area contributed by atoms with Crippen LogP contribution in [-0.2, 0) is 5.75 Å². The third-order valence-corrected chi connectivity index (χ3v) is 6.61. The zero-order valence-corrected chi connectivity index (χ0v) is 19.7. The van der Waals surface area contributed by atoms with Crippen LogP contribution in [0, 0.1) is 0 Å². The molecule has 2 aromatic heterocycles. The van der Waals surface area contributed by atoms with E-state index in [1.165, 1.54) is 11.8 Å². The molecule has 5 nitrogen and oxygen atoms in total. The normalized spacial score (nSPS) is 11.2. The minimum atomic E-state index is -0.111. The van der Waals surface area contributed by atoms with Crippen LogP contribution in [0.3, 0.4) is 0 Å².